The molecule has 0 unspecified atom stereocenters. The topological polar surface area (TPSA) is 68.1 Å². The van der Waals surface area contributed by atoms with E-state index in [1.807, 2.05) is 36.4 Å². The Bertz CT molecular complexity index is 868. The second-order valence-electron chi connectivity index (χ2n) is 5.06. The van der Waals surface area contributed by atoms with E-state index in [0.717, 1.165) is 23.3 Å². The molecule has 0 spiro atoms. The van der Waals surface area contributed by atoms with Crippen molar-refractivity contribution in [3.05, 3.63) is 59.1 Å². The molecule has 122 valence electrons. The molecule has 2 aromatic heterocycles. The van der Waals surface area contributed by atoms with E-state index in [4.69, 9.17) is 17.0 Å². The summed E-state index contributed by atoms with van der Waals surface area (Å²) in [5.41, 5.74) is 1.83. The third-order valence-corrected chi connectivity index (χ3v) is 3.53. The number of nitrogens with one attached hydrogen (secondary N) is 1. The molecule has 0 amide bonds. The summed E-state index contributed by atoms with van der Waals surface area (Å²) in [5.74, 6) is 1.49. The molecule has 0 aliphatic heterocycles. The van der Waals surface area contributed by atoms with Gasteiger partial charge in [-0.05, 0) is 60.6 Å². The summed E-state index contributed by atoms with van der Waals surface area (Å²) in [5, 5.41) is 11.4. The first kappa shape index (κ1) is 16.1. The van der Waals surface area contributed by atoms with Gasteiger partial charge in [-0.15, -0.1) is 0 Å². The van der Waals surface area contributed by atoms with Gasteiger partial charge in [-0.1, -0.05) is 6.92 Å². The van der Waals surface area contributed by atoms with Crippen LogP contribution in [0.3, 0.4) is 0 Å². The first-order valence-electron chi connectivity index (χ1n) is 7.63. The number of hydrogen-bond acceptors (Lipinski definition) is 5. The lowest BCUT2D eigenvalue weighted by molar-refractivity contribution is 0.317. The van der Waals surface area contributed by atoms with Gasteiger partial charge in [-0.25, -0.2) is 5.10 Å². The van der Waals surface area contributed by atoms with E-state index in [-0.39, 0.29) is 0 Å². The van der Waals surface area contributed by atoms with Gasteiger partial charge in [-0.2, -0.15) is 14.9 Å². The monoisotopic (exact) mass is 339 g/mol. The number of aromatic amines is 1. The molecule has 7 heteroatoms. The largest absolute Gasteiger partial charge is 0.494 e. The van der Waals surface area contributed by atoms with Crippen LogP contribution < -0.4 is 4.74 Å². The highest BCUT2D eigenvalue weighted by Crippen LogP contribution is 2.16. The Morgan fingerprint density at radius 2 is 1.96 bits per heavy atom. The number of aromatic nitrogens is 4. The molecule has 1 aromatic carbocycles. The molecule has 24 heavy (non-hydrogen) atoms. The van der Waals surface area contributed by atoms with E-state index < -0.39 is 0 Å². The van der Waals surface area contributed by atoms with E-state index >= 15 is 0 Å². The second kappa shape index (κ2) is 7.65. The normalized spacial score (nSPS) is 11.0. The molecular weight excluding hydrogens is 322 g/mol. The summed E-state index contributed by atoms with van der Waals surface area (Å²) in [6.07, 6.45) is 6.13. The zero-order chi connectivity index (χ0) is 16.8. The minimum absolute atomic E-state index is 0.431. The SMILES string of the molecule is CCCOc1ccc(/C=N/n2c(-c3ccncc3)n[nH]c2=S)cc1. The molecule has 2 heterocycles. The fourth-order valence-corrected chi connectivity index (χ4v) is 2.26. The summed E-state index contributed by atoms with van der Waals surface area (Å²) in [7, 11) is 0. The predicted octanol–water partition coefficient (Wildman–Crippen LogP) is 3.67. The van der Waals surface area contributed by atoms with Gasteiger partial charge in [-0.3, -0.25) is 4.98 Å². The summed E-state index contributed by atoms with van der Waals surface area (Å²) >= 11 is 5.25. The molecule has 0 aliphatic rings. The molecule has 0 saturated heterocycles. The van der Waals surface area contributed by atoms with Crippen molar-refractivity contribution in [1.82, 2.24) is 19.9 Å². The number of rotatable bonds is 6. The predicted molar refractivity (Wildman–Crippen MR) is 95.9 cm³/mol. The Morgan fingerprint density at radius 1 is 1.21 bits per heavy atom. The number of pyridine rings is 1. The standard InChI is InChI=1S/C17H17N5OS/c1-2-11-23-15-5-3-13(4-6-15)12-19-22-16(20-21-17(22)24)14-7-9-18-10-8-14/h3-10,12H,2,11H2,1H3,(H,21,24)/b19-12+. The first-order valence-corrected chi connectivity index (χ1v) is 8.04. The average molecular weight is 339 g/mol. The lowest BCUT2D eigenvalue weighted by Crippen LogP contribution is -1.96. The van der Waals surface area contributed by atoms with E-state index in [9.17, 15) is 0 Å². The van der Waals surface area contributed by atoms with Crippen molar-refractivity contribution in [3.8, 4) is 17.1 Å². The minimum Gasteiger partial charge on any atom is -0.494 e. The molecule has 3 rings (SSSR count). The van der Waals surface area contributed by atoms with Gasteiger partial charge in [0.25, 0.3) is 0 Å². The maximum Gasteiger partial charge on any atom is 0.216 e. The van der Waals surface area contributed by atoms with E-state index in [1.165, 1.54) is 0 Å². The Hall–Kier alpha value is -2.80. The third-order valence-electron chi connectivity index (χ3n) is 3.26. The third kappa shape index (κ3) is 3.75. The van der Waals surface area contributed by atoms with Crippen LogP contribution in [0.15, 0.2) is 53.9 Å². The summed E-state index contributed by atoms with van der Waals surface area (Å²) in [6.45, 7) is 2.79. The van der Waals surface area contributed by atoms with Crippen LogP contribution in [-0.2, 0) is 0 Å². The highest BCUT2D eigenvalue weighted by molar-refractivity contribution is 7.71. The molecule has 3 aromatic rings. The van der Waals surface area contributed by atoms with Crippen molar-refractivity contribution in [2.24, 2.45) is 5.10 Å². The number of nitrogens with zero attached hydrogens (tertiary/aromatic N) is 4. The number of H-pyrrole nitrogens is 1. The quantitative estimate of drug-likeness (QED) is 0.549. The highest BCUT2D eigenvalue weighted by Gasteiger charge is 2.07. The molecular formula is C17H17N5OS. The van der Waals surface area contributed by atoms with Crippen LogP contribution in [0.1, 0.15) is 18.9 Å². The van der Waals surface area contributed by atoms with Crippen molar-refractivity contribution >= 4 is 18.4 Å². The molecule has 0 radical (unpaired) electrons. The fraction of sp³-hybridized carbons (Fsp3) is 0.176. The van der Waals surface area contributed by atoms with Gasteiger partial charge in [0, 0.05) is 18.0 Å². The zero-order valence-corrected chi connectivity index (χ0v) is 14.0. The van der Waals surface area contributed by atoms with Gasteiger partial charge in [0.1, 0.15) is 5.75 Å². The maximum absolute atomic E-state index is 5.57. The van der Waals surface area contributed by atoms with Crippen LogP contribution in [0.2, 0.25) is 0 Å². The van der Waals surface area contributed by atoms with Crippen molar-refractivity contribution < 1.29 is 4.74 Å². The Labute approximate surface area is 144 Å². The summed E-state index contributed by atoms with van der Waals surface area (Å²) < 4.78 is 7.59. The molecule has 0 fully saturated rings. The first-order chi connectivity index (χ1) is 11.8. The Morgan fingerprint density at radius 3 is 2.67 bits per heavy atom. The van der Waals surface area contributed by atoms with E-state index in [1.54, 1.807) is 23.3 Å². The molecule has 1 N–H and O–H groups in total. The summed E-state index contributed by atoms with van der Waals surface area (Å²) in [4.78, 5) is 4.01. The molecule has 0 aliphatic carbocycles. The zero-order valence-electron chi connectivity index (χ0n) is 13.2. The Kier molecular flexibility index (Phi) is 5.12. The van der Waals surface area contributed by atoms with Gasteiger partial charge in [0.05, 0.1) is 12.8 Å². The minimum atomic E-state index is 0.431. The average Bonchev–Trinajstić information content (AvgIpc) is 3.00. The van der Waals surface area contributed by atoms with Crippen LogP contribution in [0.5, 0.6) is 5.75 Å². The maximum atomic E-state index is 5.57. The highest BCUT2D eigenvalue weighted by atomic mass is 32.1. The van der Waals surface area contributed by atoms with Crippen LogP contribution in [-0.4, -0.2) is 32.7 Å². The van der Waals surface area contributed by atoms with Gasteiger partial charge in [0.15, 0.2) is 5.82 Å². The van der Waals surface area contributed by atoms with Crippen molar-refractivity contribution in [2.45, 2.75) is 13.3 Å². The van der Waals surface area contributed by atoms with Crippen molar-refractivity contribution in [1.29, 1.82) is 0 Å². The number of hydrogen-bond donors (Lipinski definition) is 1. The smallest absolute Gasteiger partial charge is 0.216 e. The number of benzene rings is 1. The molecule has 0 saturated carbocycles. The van der Waals surface area contributed by atoms with E-state index in [0.29, 0.717) is 17.2 Å². The summed E-state index contributed by atoms with van der Waals surface area (Å²) in [6, 6.07) is 11.5. The number of ether oxygens (including phenoxy) is 1. The lowest BCUT2D eigenvalue weighted by Gasteiger charge is -2.04. The second-order valence-corrected chi connectivity index (χ2v) is 5.45. The van der Waals surface area contributed by atoms with Crippen LogP contribution >= 0.6 is 12.2 Å². The van der Waals surface area contributed by atoms with Crippen LogP contribution in [0, 0.1) is 4.77 Å². The van der Waals surface area contributed by atoms with Crippen LogP contribution in [0.4, 0.5) is 0 Å². The van der Waals surface area contributed by atoms with Gasteiger partial charge < -0.3 is 4.74 Å². The van der Waals surface area contributed by atoms with Gasteiger partial charge >= 0.3 is 0 Å². The van der Waals surface area contributed by atoms with Crippen molar-refractivity contribution in [3.63, 3.8) is 0 Å². The molecule has 0 atom stereocenters. The lowest BCUT2D eigenvalue weighted by atomic mass is 10.2. The van der Waals surface area contributed by atoms with Crippen LogP contribution in [0.25, 0.3) is 11.4 Å². The fourth-order valence-electron chi connectivity index (χ4n) is 2.08. The van der Waals surface area contributed by atoms with Gasteiger partial charge in [0.2, 0.25) is 4.77 Å². The van der Waals surface area contributed by atoms with Crippen molar-refractivity contribution in [2.75, 3.05) is 6.61 Å². The molecule has 0 bridgehead atoms. The molecule has 6 nitrogen and oxygen atoms in total. The Balaban J connectivity index is 1.82. The van der Waals surface area contributed by atoms with E-state index in [2.05, 4.69) is 27.2 Å².